The molecular formula is C20H18BrNO2. The number of rotatable bonds is 1. The van der Waals surface area contributed by atoms with Crippen LogP contribution in [0.3, 0.4) is 0 Å². The highest BCUT2D eigenvalue weighted by molar-refractivity contribution is 9.10. The van der Waals surface area contributed by atoms with Crippen LogP contribution in [-0.2, 0) is 15.1 Å². The van der Waals surface area contributed by atoms with E-state index in [2.05, 4.69) is 76.4 Å². The Hall–Kier alpha value is -1.65. The van der Waals surface area contributed by atoms with Gasteiger partial charge >= 0.3 is 0 Å². The number of nitrogens with zero attached hydrogens (tertiary/aromatic N) is 1. The number of ether oxygens (including phenoxy) is 1. The van der Waals surface area contributed by atoms with Gasteiger partial charge in [-0.1, -0.05) is 46.3 Å². The first kappa shape index (κ1) is 14.7. The number of benzene rings is 2. The van der Waals surface area contributed by atoms with Gasteiger partial charge in [0.15, 0.2) is 5.78 Å². The first-order valence-electron chi connectivity index (χ1n) is 8.40. The summed E-state index contributed by atoms with van der Waals surface area (Å²) in [6, 6.07) is 17.0. The van der Waals surface area contributed by atoms with Crippen LogP contribution < -0.4 is 4.90 Å². The van der Waals surface area contributed by atoms with Crippen LogP contribution in [0.1, 0.15) is 29.9 Å². The summed E-state index contributed by atoms with van der Waals surface area (Å²) in [6.45, 7) is 0. The van der Waals surface area contributed by atoms with E-state index in [1.807, 2.05) is 0 Å². The van der Waals surface area contributed by atoms with E-state index < -0.39 is 5.60 Å². The number of halogens is 1. The molecule has 5 rings (SSSR count). The molecular weight excluding hydrogens is 366 g/mol. The molecule has 0 N–H and O–H groups in total. The van der Waals surface area contributed by atoms with Crippen LogP contribution in [0, 0.1) is 0 Å². The van der Waals surface area contributed by atoms with Crippen molar-refractivity contribution < 1.29 is 9.53 Å². The fourth-order valence-corrected chi connectivity index (χ4v) is 5.22. The molecule has 2 aromatic carbocycles. The van der Waals surface area contributed by atoms with Gasteiger partial charge in [-0.25, -0.2) is 0 Å². The van der Waals surface area contributed by atoms with Crippen molar-refractivity contribution in [1.82, 2.24) is 0 Å². The fourth-order valence-electron chi connectivity index (χ4n) is 4.96. The highest BCUT2D eigenvalue weighted by atomic mass is 79.9. The summed E-state index contributed by atoms with van der Waals surface area (Å²) < 4.78 is 7.57. The van der Waals surface area contributed by atoms with E-state index in [9.17, 15) is 4.79 Å². The van der Waals surface area contributed by atoms with Gasteiger partial charge in [0, 0.05) is 29.5 Å². The van der Waals surface area contributed by atoms with Gasteiger partial charge in [-0.05, 0) is 35.7 Å². The highest BCUT2D eigenvalue weighted by Gasteiger charge is 2.64. The van der Waals surface area contributed by atoms with Crippen LogP contribution in [0.15, 0.2) is 53.0 Å². The van der Waals surface area contributed by atoms with Gasteiger partial charge in [-0.3, -0.25) is 4.79 Å². The first-order chi connectivity index (χ1) is 11.6. The van der Waals surface area contributed by atoms with Crippen LogP contribution in [0.25, 0.3) is 0 Å². The van der Waals surface area contributed by atoms with E-state index in [-0.39, 0.29) is 23.8 Å². The van der Waals surface area contributed by atoms with E-state index in [1.54, 1.807) is 0 Å². The summed E-state index contributed by atoms with van der Waals surface area (Å²) in [5, 5.41) is 0. The maximum atomic E-state index is 12.6. The van der Waals surface area contributed by atoms with Gasteiger partial charge in [-0.2, -0.15) is 0 Å². The van der Waals surface area contributed by atoms with Crippen LogP contribution in [-0.4, -0.2) is 25.0 Å². The Morgan fingerprint density at radius 3 is 2.71 bits per heavy atom. The Bertz CT molecular complexity index is 834. The van der Waals surface area contributed by atoms with Crippen LogP contribution in [0.2, 0.25) is 0 Å². The summed E-state index contributed by atoms with van der Waals surface area (Å²) >= 11 is 3.52. The number of Topliss-reactive ketones (excluding diaryl/α,β-unsaturated/α-hetero) is 1. The molecule has 0 amide bonds. The van der Waals surface area contributed by atoms with Gasteiger partial charge in [0.05, 0.1) is 6.04 Å². The van der Waals surface area contributed by atoms with Crippen LogP contribution in [0.4, 0.5) is 5.69 Å². The Kier molecular flexibility index (Phi) is 3.01. The molecule has 2 saturated heterocycles. The zero-order chi connectivity index (χ0) is 16.5. The molecule has 24 heavy (non-hydrogen) atoms. The standard InChI is InChI=1S/C20H18BrNO2/c1-22-15-5-3-2-4-14(15)17-18(22)19-16(23)10-11-20(17,24-19)12-6-8-13(21)9-7-12/h2-9,17-19H,10-11H2,1H3/t17-,18+,19-,20-/m0/s1. The molecule has 0 aromatic heterocycles. The maximum Gasteiger partial charge on any atom is 0.163 e. The number of carbonyl (C=O) groups is 1. The Morgan fingerprint density at radius 2 is 1.92 bits per heavy atom. The lowest BCUT2D eigenvalue weighted by molar-refractivity contribution is -0.148. The predicted molar refractivity (Wildman–Crippen MR) is 96.3 cm³/mol. The molecule has 0 spiro atoms. The van der Waals surface area contributed by atoms with E-state index in [1.165, 1.54) is 16.8 Å². The largest absolute Gasteiger partial charge is 0.368 e. The molecule has 2 fully saturated rings. The monoisotopic (exact) mass is 383 g/mol. The second-order valence-electron chi connectivity index (χ2n) is 7.04. The predicted octanol–water partition coefficient (Wildman–Crippen LogP) is 4.01. The second-order valence-corrected chi connectivity index (χ2v) is 7.95. The number of anilines is 1. The molecule has 0 aliphatic carbocycles. The zero-order valence-corrected chi connectivity index (χ0v) is 15.0. The second kappa shape index (κ2) is 4.93. The van der Waals surface area contributed by atoms with Crippen molar-refractivity contribution in [3.05, 3.63) is 64.1 Å². The molecule has 3 nitrogen and oxygen atoms in total. The number of para-hydroxylation sites is 1. The summed E-state index contributed by atoms with van der Waals surface area (Å²) in [7, 11) is 2.09. The first-order valence-corrected chi connectivity index (χ1v) is 9.19. The van der Waals surface area contributed by atoms with Crippen molar-refractivity contribution in [2.24, 2.45) is 0 Å². The van der Waals surface area contributed by atoms with Crippen molar-refractivity contribution in [2.75, 3.05) is 11.9 Å². The third-order valence-corrected chi connectivity index (χ3v) is 6.51. The number of hydrogen-bond donors (Lipinski definition) is 0. The van der Waals surface area contributed by atoms with Crippen molar-refractivity contribution >= 4 is 27.4 Å². The summed E-state index contributed by atoms with van der Waals surface area (Å²) in [5.41, 5.74) is 3.33. The van der Waals surface area contributed by atoms with Crippen molar-refractivity contribution in [3.8, 4) is 0 Å². The molecule has 3 aliphatic rings. The highest BCUT2D eigenvalue weighted by Crippen LogP contribution is 2.61. The van der Waals surface area contributed by atoms with Crippen LogP contribution in [0.5, 0.6) is 0 Å². The minimum atomic E-state index is -0.398. The molecule has 3 aliphatic heterocycles. The van der Waals surface area contributed by atoms with E-state index in [0.29, 0.717) is 6.42 Å². The van der Waals surface area contributed by atoms with E-state index in [4.69, 9.17) is 4.74 Å². The fraction of sp³-hybridized carbons (Fsp3) is 0.350. The summed E-state index contributed by atoms with van der Waals surface area (Å²) in [6.07, 6.45) is 1.03. The van der Waals surface area contributed by atoms with E-state index >= 15 is 0 Å². The molecule has 4 heteroatoms. The molecule has 4 atom stereocenters. The van der Waals surface area contributed by atoms with Crippen molar-refractivity contribution in [2.45, 2.75) is 36.5 Å². The maximum absolute atomic E-state index is 12.6. The number of likely N-dealkylation sites (N-methyl/N-ethyl adjacent to an activating group) is 1. The minimum absolute atomic E-state index is 0.0982. The normalized spacial score (nSPS) is 33.5. The lowest BCUT2D eigenvalue weighted by Crippen LogP contribution is -2.42. The SMILES string of the molecule is CN1c2ccccc2[C@H]2[C@@H]1[C@H]1O[C@]2(c2ccc(Br)cc2)CCC1=O. The lowest BCUT2D eigenvalue weighted by atomic mass is 9.75. The number of fused-ring (bicyclic) bond motifs is 7. The molecule has 0 radical (unpaired) electrons. The summed E-state index contributed by atoms with van der Waals surface area (Å²) in [5.74, 6) is 0.450. The molecule has 2 aromatic rings. The molecule has 3 heterocycles. The minimum Gasteiger partial charge on any atom is -0.368 e. The van der Waals surface area contributed by atoms with Gasteiger partial charge in [0.1, 0.15) is 11.7 Å². The van der Waals surface area contributed by atoms with E-state index in [0.717, 1.165) is 10.9 Å². The smallest absolute Gasteiger partial charge is 0.163 e. The van der Waals surface area contributed by atoms with Gasteiger partial charge in [-0.15, -0.1) is 0 Å². The average molecular weight is 384 g/mol. The molecule has 0 unspecified atom stereocenters. The topological polar surface area (TPSA) is 29.5 Å². The third-order valence-electron chi connectivity index (χ3n) is 5.98. The van der Waals surface area contributed by atoms with Crippen LogP contribution >= 0.6 is 15.9 Å². The number of carbonyl (C=O) groups excluding carboxylic acids is 1. The quantitative estimate of drug-likeness (QED) is 0.744. The van der Waals surface area contributed by atoms with Crippen molar-refractivity contribution in [1.29, 1.82) is 0 Å². The number of ketones is 1. The summed E-state index contributed by atoms with van der Waals surface area (Å²) in [4.78, 5) is 14.8. The van der Waals surface area contributed by atoms with Gasteiger partial charge < -0.3 is 9.64 Å². The average Bonchev–Trinajstić information content (AvgIpc) is 3.06. The zero-order valence-electron chi connectivity index (χ0n) is 13.4. The molecule has 122 valence electrons. The van der Waals surface area contributed by atoms with Gasteiger partial charge in [0.25, 0.3) is 0 Å². The van der Waals surface area contributed by atoms with Crippen molar-refractivity contribution in [3.63, 3.8) is 0 Å². The molecule has 0 saturated carbocycles. The number of hydrogen-bond acceptors (Lipinski definition) is 3. The lowest BCUT2D eigenvalue weighted by Gasteiger charge is -2.37. The third kappa shape index (κ3) is 1.73. The Balaban J connectivity index is 1.73. The Labute approximate surface area is 149 Å². The molecule has 2 bridgehead atoms. The van der Waals surface area contributed by atoms with Gasteiger partial charge in [0.2, 0.25) is 0 Å². The Morgan fingerprint density at radius 1 is 1.17 bits per heavy atom.